The van der Waals surface area contributed by atoms with Gasteiger partial charge in [0.1, 0.15) is 23.8 Å². The van der Waals surface area contributed by atoms with Crippen molar-refractivity contribution in [2.45, 2.75) is 12.2 Å². The van der Waals surface area contributed by atoms with E-state index in [1.165, 1.54) is 34.1 Å². The molecular weight excluding hydrogens is 506 g/mol. The predicted octanol–water partition coefficient (Wildman–Crippen LogP) is 0.432. The van der Waals surface area contributed by atoms with Crippen LogP contribution in [-0.2, 0) is 19.1 Å². The predicted molar refractivity (Wildman–Crippen MR) is 131 cm³/mol. The molecule has 2 fully saturated rings. The minimum Gasteiger partial charge on any atom is -0.442 e. The van der Waals surface area contributed by atoms with Gasteiger partial charge in [0.05, 0.1) is 50.6 Å². The van der Waals surface area contributed by atoms with Gasteiger partial charge in [-0.05, 0) is 36.4 Å². The van der Waals surface area contributed by atoms with Crippen LogP contribution in [0.4, 0.5) is 29.7 Å². The highest BCUT2D eigenvalue weighted by molar-refractivity contribution is 5.91. The number of hydrogen-bond acceptors (Lipinski definition) is 8. The number of anilines is 2. The largest absolute Gasteiger partial charge is 0.442 e. The number of hydrogen-bond donors (Lipinski definition) is 4. The van der Waals surface area contributed by atoms with E-state index in [0.717, 1.165) is 12.1 Å². The summed E-state index contributed by atoms with van der Waals surface area (Å²) in [5.74, 6) is -2.36. The SMILES string of the molecule is NCC(=O)NC[C@H]1CN(c2ccc(-c3ccc(N4C[C@H](CNC(=O)CN)OC4=O)cc3F)c(F)c2)C(=O)O1. The maximum atomic E-state index is 15.0. The second-order valence-corrected chi connectivity index (χ2v) is 8.58. The van der Waals surface area contributed by atoms with Crippen molar-refractivity contribution < 1.29 is 37.4 Å². The standard InChI is InChI=1S/C24H26F2N6O6/c25-19-5-13(31-11-15(37-23(31)35)9-29-21(33)7-27)1-3-17(19)18-4-2-14(6-20(18)26)32-12-16(38-24(32)36)10-30-22(34)8-28/h1-6,15-16H,7-12,27-28H2,(H,29,33)(H,30,34)/t15-,16-/m0/s1. The lowest BCUT2D eigenvalue weighted by Gasteiger charge is -2.16. The van der Waals surface area contributed by atoms with Crippen LogP contribution >= 0.6 is 0 Å². The lowest BCUT2D eigenvalue weighted by Crippen LogP contribution is -2.37. The number of ether oxygens (including phenoxy) is 2. The highest BCUT2D eigenvalue weighted by atomic mass is 19.1. The maximum Gasteiger partial charge on any atom is 0.414 e. The number of rotatable bonds is 9. The molecule has 0 saturated carbocycles. The second kappa shape index (κ2) is 11.4. The highest BCUT2D eigenvalue weighted by Gasteiger charge is 2.34. The number of nitrogens with two attached hydrogens (primary N) is 2. The molecule has 202 valence electrons. The van der Waals surface area contributed by atoms with E-state index < -0.39 is 47.8 Å². The minimum atomic E-state index is -0.780. The summed E-state index contributed by atoms with van der Waals surface area (Å²) < 4.78 is 40.5. The lowest BCUT2D eigenvalue weighted by molar-refractivity contribution is -0.120. The van der Waals surface area contributed by atoms with Crippen LogP contribution < -0.4 is 31.9 Å². The van der Waals surface area contributed by atoms with E-state index in [0.29, 0.717) is 0 Å². The molecule has 2 aromatic rings. The molecule has 2 heterocycles. The topological polar surface area (TPSA) is 169 Å². The molecule has 2 saturated heterocycles. The van der Waals surface area contributed by atoms with Crippen LogP contribution in [0.1, 0.15) is 0 Å². The summed E-state index contributed by atoms with van der Waals surface area (Å²) in [7, 11) is 0. The van der Waals surface area contributed by atoms with Gasteiger partial charge in [0.2, 0.25) is 11.8 Å². The third kappa shape index (κ3) is 5.81. The quantitative estimate of drug-likeness (QED) is 0.360. The summed E-state index contributed by atoms with van der Waals surface area (Å²) in [5.41, 5.74) is 10.8. The zero-order valence-electron chi connectivity index (χ0n) is 20.1. The second-order valence-electron chi connectivity index (χ2n) is 8.58. The summed E-state index contributed by atoms with van der Waals surface area (Å²) >= 11 is 0. The van der Waals surface area contributed by atoms with Crippen molar-refractivity contribution in [2.75, 3.05) is 49.1 Å². The van der Waals surface area contributed by atoms with Gasteiger partial charge < -0.3 is 31.6 Å². The van der Waals surface area contributed by atoms with Crippen molar-refractivity contribution in [2.24, 2.45) is 11.5 Å². The molecule has 0 spiro atoms. The van der Waals surface area contributed by atoms with Crippen LogP contribution in [0.3, 0.4) is 0 Å². The number of carbonyl (C=O) groups is 4. The van der Waals surface area contributed by atoms with E-state index in [-0.39, 0.29) is 61.8 Å². The Morgan fingerprint density at radius 3 is 1.53 bits per heavy atom. The molecule has 14 heteroatoms. The van der Waals surface area contributed by atoms with Crippen molar-refractivity contribution in [3.8, 4) is 11.1 Å². The molecular formula is C24H26F2N6O6. The maximum absolute atomic E-state index is 15.0. The summed E-state index contributed by atoms with van der Waals surface area (Å²) in [5, 5.41) is 5.04. The van der Waals surface area contributed by atoms with Crippen molar-refractivity contribution in [1.82, 2.24) is 10.6 Å². The van der Waals surface area contributed by atoms with E-state index in [9.17, 15) is 19.2 Å². The number of cyclic esters (lactones) is 2. The highest BCUT2D eigenvalue weighted by Crippen LogP contribution is 2.33. The average Bonchev–Trinajstić information content (AvgIpc) is 3.47. The monoisotopic (exact) mass is 532 g/mol. The Kier molecular flexibility index (Phi) is 8.02. The van der Waals surface area contributed by atoms with Crippen LogP contribution in [-0.4, -0.2) is 75.5 Å². The van der Waals surface area contributed by atoms with Crippen LogP contribution in [0.25, 0.3) is 11.1 Å². The molecule has 0 aromatic heterocycles. The van der Waals surface area contributed by atoms with Gasteiger partial charge in [0.15, 0.2) is 0 Å². The first-order chi connectivity index (χ1) is 18.2. The third-order valence-electron chi connectivity index (χ3n) is 5.99. The number of halogens is 2. The molecule has 6 N–H and O–H groups in total. The first-order valence-electron chi connectivity index (χ1n) is 11.7. The molecule has 2 aliphatic rings. The number of nitrogens with one attached hydrogen (secondary N) is 2. The van der Waals surface area contributed by atoms with Crippen LogP contribution in [0.15, 0.2) is 36.4 Å². The summed E-state index contributed by atoms with van der Waals surface area (Å²) in [6.07, 6.45) is -2.70. The zero-order valence-corrected chi connectivity index (χ0v) is 20.1. The van der Waals surface area contributed by atoms with Crippen molar-refractivity contribution in [3.63, 3.8) is 0 Å². The van der Waals surface area contributed by atoms with Gasteiger partial charge >= 0.3 is 12.2 Å². The summed E-state index contributed by atoms with van der Waals surface area (Å²) in [6, 6.07) is 7.74. The van der Waals surface area contributed by atoms with Crippen LogP contribution in [0.5, 0.6) is 0 Å². The van der Waals surface area contributed by atoms with Crippen LogP contribution in [0, 0.1) is 11.6 Å². The van der Waals surface area contributed by atoms with Crippen LogP contribution in [0.2, 0.25) is 0 Å². The Labute approximate surface area is 215 Å². The van der Waals surface area contributed by atoms with Gasteiger partial charge in [-0.2, -0.15) is 0 Å². The smallest absolute Gasteiger partial charge is 0.414 e. The van der Waals surface area contributed by atoms with Gasteiger partial charge in [0, 0.05) is 11.1 Å². The van der Waals surface area contributed by atoms with Gasteiger partial charge in [-0.25, -0.2) is 18.4 Å². The van der Waals surface area contributed by atoms with Crippen molar-refractivity contribution >= 4 is 35.4 Å². The number of benzene rings is 2. The Morgan fingerprint density at radius 2 is 1.18 bits per heavy atom. The lowest BCUT2D eigenvalue weighted by atomic mass is 10.0. The van der Waals surface area contributed by atoms with E-state index in [1.54, 1.807) is 0 Å². The molecule has 12 nitrogen and oxygen atoms in total. The van der Waals surface area contributed by atoms with Crippen molar-refractivity contribution in [1.29, 1.82) is 0 Å². The molecule has 38 heavy (non-hydrogen) atoms. The molecule has 4 amide bonds. The molecule has 2 atom stereocenters. The number of amides is 4. The molecule has 0 unspecified atom stereocenters. The fraction of sp³-hybridized carbons (Fsp3) is 0.333. The molecule has 0 aliphatic carbocycles. The Balaban J connectivity index is 1.44. The Bertz CT molecular complexity index is 1170. The third-order valence-corrected chi connectivity index (χ3v) is 5.99. The Hall–Kier alpha value is -4.30. The van der Waals surface area contributed by atoms with Gasteiger partial charge in [-0.3, -0.25) is 19.4 Å². The fourth-order valence-electron chi connectivity index (χ4n) is 4.06. The van der Waals surface area contributed by atoms with Gasteiger partial charge in [-0.15, -0.1) is 0 Å². The van der Waals surface area contributed by atoms with E-state index in [1.807, 2.05) is 0 Å². The average molecular weight is 533 g/mol. The molecule has 4 rings (SSSR count). The molecule has 0 radical (unpaired) electrons. The summed E-state index contributed by atoms with van der Waals surface area (Å²) in [4.78, 5) is 49.5. The van der Waals surface area contributed by atoms with Gasteiger partial charge in [-0.1, -0.05) is 0 Å². The minimum absolute atomic E-state index is 0.0523. The zero-order chi connectivity index (χ0) is 27.4. The normalized spacial score (nSPS) is 18.8. The summed E-state index contributed by atoms with van der Waals surface area (Å²) in [6.45, 7) is -0.130. The van der Waals surface area contributed by atoms with Gasteiger partial charge in [0.25, 0.3) is 0 Å². The number of carbonyl (C=O) groups excluding carboxylic acids is 4. The van der Waals surface area contributed by atoms with E-state index >= 15 is 8.78 Å². The molecule has 2 aliphatic heterocycles. The Morgan fingerprint density at radius 1 is 0.789 bits per heavy atom. The first kappa shape index (κ1) is 26.8. The van der Waals surface area contributed by atoms with Crippen molar-refractivity contribution in [3.05, 3.63) is 48.0 Å². The molecule has 2 aromatic carbocycles. The number of nitrogens with zero attached hydrogens (tertiary/aromatic N) is 2. The van der Waals surface area contributed by atoms with E-state index in [4.69, 9.17) is 20.9 Å². The molecule has 0 bridgehead atoms. The van der Waals surface area contributed by atoms with E-state index in [2.05, 4.69) is 10.6 Å². The fourth-order valence-corrected chi connectivity index (χ4v) is 4.06. The first-order valence-corrected chi connectivity index (χ1v) is 11.7.